The largest absolute Gasteiger partial charge is 0.417 e. The number of halogens is 4. The molecule has 0 heterocycles. The first-order valence-electron chi connectivity index (χ1n) is 4.52. The molecule has 0 aromatic heterocycles. The number of hydrogen-bond donors (Lipinski definition) is 1. The van der Waals surface area contributed by atoms with E-state index in [0.29, 0.717) is 0 Å². The molecule has 0 fully saturated rings. The minimum absolute atomic E-state index is 0.203. The van der Waals surface area contributed by atoms with E-state index in [-0.39, 0.29) is 11.3 Å². The van der Waals surface area contributed by atoms with Crippen molar-refractivity contribution in [3.63, 3.8) is 0 Å². The quantitative estimate of drug-likeness (QED) is 0.834. The second-order valence-electron chi connectivity index (χ2n) is 3.12. The maximum absolute atomic E-state index is 12.4. The monoisotopic (exact) mass is 271 g/mol. The average Bonchev–Trinajstić information content (AvgIpc) is 2.28. The summed E-state index contributed by atoms with van der Waals surface area (Å²) in [4.78, 5) is 0. The van der Waals surface area contributed by atoms with Crippen molar-refractivity contribution in [1.29, 1.82) is 10.5 Å². The SMILES string of the molecule is N#CC(C#N)=CNc1ccc(C(F)(F)F)c(Cl)c1. The van der Waals surface area contributed by atoms with Crippen molar-refractivity contribution in [3.05, 3.63) is 40.6 Å². The van der Waals surface area contributed by atoms with E-state index in [1.54, 1.807) is 12.1 Å². The smallest absolute Gasteiger partial charge is 0.360 e. The molecule has 0 atom stereocenters. The maximum Gasteiger partial charge on any atom is 0.417 e. The van der Waals surface area contributed by atoms with Crippen LogP contribution >= 0.6 is 11.6 Å². The molecule has 0 spiro atoms. The molecule has 3 nitrogen and oxygen atoms in total. The van der Waals surface area contributed by atoms with Gasteiger partial charge in [0.05, 0.1) is 10.6 Å². The van der Waals surface area contributed by atoms with Crippen LogP contribution in [0.15, 0.2) is 30.0 Å². The fourth-order valence-corrected chi connectivity index (χ4v) is 1.37. The molecule has 0 amide bonds. The van der Waals surface area contributed by atoms with Crippen molar-refractivity contribution < 1.29 is 13.2 Å². The highest BCUT2D eigenvalue weighted by Gasteiger charge is 2.32. The standard InChI is InChI=1S/C11H5ClF3N3/c12-10-3-8(18-6-7(4-16)5-17)1-2-9(10)11(13,14)15/h1-3,6,18H. The van der Waals surface area contributed by atoms with Gasteiger partial charge in [-0.25, -0.2) is 0 Å². The molecule has 0 saturated carbocycles. The van der Waals surface area contributed by atoms with Crippen LogP contribution in [0.2, 0.25) is 5.02 Å². The molecule has 1 N–H and O–H groups in total. The van der Waals surface area contributed by atoms with Gasteiger partial charge in [-0.3, -0.25) is 0 Å². The molecule has 1 aromatic rings. The Labute approximate surface area is 106 Å². The van der Waals surface area contributed by atoms with Crippen molar-refractivity contribution in [2.45, 2.75) is 6.18 Å². The Kier molecular flexibility index (Phi) is 4.19. The number of allylic oxidation sites excluding steroid dienone is 1. The zero-order valence-electron chi connectivity index (χ0n) is 8.72. The minimum Gasteiger partial charge on any atom is -0.360 e. The number of nitrogens with zero attached hydrogens (tertiary/aromatic N) is 2. The van der Waals surface area contributed by atoms with E-state index < -0.39 is 16.8 Å². The molecule has 0 radical (unpaired) electrons. The molecule has 7 heteroatoms. The first-order chi connectivity index (χ1) is 8.38. The molecule has 18 heavy (non-hydrogen) atoms. The van der Waals surface area contributed by atoms with Crippen molar-refractivity contribution in [3.8, 4) is 12.1 Å². The van der Waals surface area contributed by atoms with E-state index in [9.17, 15) is 13.2 Å². The fraction of sp³-hybridized carbons (Fsp3) is 0.0909. The van der Waals surface area contributed by atoms with Crippen LogP contribution < -0.4 is 5.32 Å². The lowest BCUT2D eigenvalue weighted by molar-refractivity contribution is -0.137. The Hall–Kier alpha value is -2.18. The number of anilines is 1. The first kappa shape index (κ1) is 13.9. The van der Waals surface area contributed by atoms with Crippen LogP contribution in [-0.4, -0.2) is 0 Å². The summed E-state index contributed by atoms with van der Waals surface area (Å²) in [7, 11) is 0. The summed E-state index contributed by atoms with van der Waals surface area (Å²) in [5.74, 6) is 0. The second-order valence-corrected chi connectivity index (χ2v) is 3.53. The molecule has 1 aromatic carbocycles. The second kappa shape index (κ2) is 5.44. The van der Waals surface area contributed by atoms with Crippen LogP contribution in [0.3, 0.4) is 0 Å². The molecular weight excluding hydrogens is 267 g/mol. The Morgan fingerprint density at radius 2 is 1.89 bits per heavy atom. The predicted octanol–water partition coefficient (Wildman–Crippen LogP) is 3.70. The summed E-state index contributed by atoms with van der Waals surface area (Å²) >= 11 is 5.49. The molecule has 0 saturated heterocycles. The van der Waals surface area contributed by atoms with Crippen LogP contribution in [0.25, 0.3) is 0 Å². The molecule has 0 bridgehead atoms. The van der Waals surface area contributed by atoms with E-state index in [4.69, 9.17) is 22.1 Å². The normalized spacial score (nSPS) is 10.1. The number of nitrogens with one attached hydrogen (secondary N) is 1. The topological polar surface area (TPSA) is 59.6 Å². The third-order valence-corrected chi connectivity index (χ3v) is 2.21. The molecule has 0 aliphatic heterocycles. The van der Waals surface area contributed by atoms with E-state index in [0.717, 1.165) is 24.4 Å². The van der Waals surface area contributed by atoms with Gasteiger partial charge in [0.25, 0.3) is 0 Å². The number of hydrogen-bond acceptors (Lipinski definition) is 3. The predicted molar refractivity (Wildman–Crippen MR) is 59.4 cm³/mol. The van der Waals surface area contributed by atoms with Crippen LogP contribution in [0, 0.1) is 22.7 Å². The van der Waals surface area contributed by atoms with Gasteiger partial charge in [0.2, 0.25) is 0 Å². The maximum atomic E-state index is 12.4. The summed E-state index contributed by atoms with van der Waals surface area (Å²) in [6.07, 6.45) is -3.44. The van der Waals surface area contributed by atoms with Gasteiger partial charge < -0.3 is 5.32 Å². The van der Waals surface area contributed by atoms with Gasteiger partial charge in [-0.15, -0.1) is 0 Å². The third kappa shape index (κ3) is 3.41. The Balaban J connectivity index is 2.98. The lowest BCUT2D eigenvalue weighted by Crippen LogP contribution is -2.05. The number of benzene rings is 1. The average molecular weight is 272 g/mol. The van der Waals surface area contributed by atoms with Gasteiger partial charge >= 0.3 is 6.18 Å². The zero-order valence-corrected chi connectivity index (χ0v) is 9.47. The number of rotatable bonds is 2. The van der Waals surface area contributed by atoms with E-state index >= 15 is 0 Å². The van der Waals surface area contributed by atoms with E-state index in [1.165, 1.54) is 0 Å². The molecule has 0 aliphatic rings. The lowest BCUT2D eigenvalue weighted by atomic mass is 10.2. The molecule has 1 rings (SSSR count). The van der Waals surface area contributed by atoms with Gasteiger partial charge in [0, 0.05) is 11.9 Å². The van der Waals surface area contributed by atoms with E-state index in [1.807, 2.05) is 0 Å². The summed E-state index contributed by atoms with van der Waals surface area (Å²) in [6.45, 7) is 0. The molecule has 0 unspecified atom stereocenters. The zero-order chi connectivity index (χ0) is 13.8. The van der Waals surface area contributed by atoms with Gasteiger partial charge in [0.1, 0.15) is 17.7 Å². The Morgan fingerprint density at radius 3 is 2.33 bits per heavy atom. The van der Waals surface area contributed by atoms with Gasteiger partial charge in [-0.05, 0) is 18.2 Å². The van der Waals surface area contributed by atoms with Crippen LogP contribution in [0.4, 0.5) is 18.9 Å². The highest BCUT2D eigenvalue weighted by atomic mass is 35.5. The van der Waals surface area contributed by atoms with Gasteiger partial charge in [-0.2, -0.15) is 23.7 Å². The van der Waals surface area contributed by atoms with Crippen molar-refractivity contribution in [2.75, 3.05) is 5.32 Å². The Bertz CT molecular complexity index is 548. The highest BCUT2D eigenvalue weighted by Crippen LogP contribution is 2.35. The summed E-state index contributed by atoms with van der Waals surface area (Å²) < 4.78 is 37.2. The van der Waals surface area contributed by atoms with Crippen LogP contribution in [-0.2, 0) is 6.18 Å². The summed E-state index contributed by atoms with van der Waals surface area (Å²) in [5, 5.41) is 19.0. The van der Waals surface area contributed by atoms with Crippen molar-refractivity contribution >= 4 is 17.3 Å². The van der Waals surface area contributed by atoms with Crippen LogP contribution in [0.5, 0.6) is 0 Å². The third-order valence-electron chi connectivity index (χ3n) is 1.90. The molecule has 0 aliphatic carbocycles. The van der Waals surface area contributed by atoms with Gasteiger partial charge in [-0.1, -0.05) is 11.6 Å². The molecule has 92 valence electrons. The first-order valence-corrected chi connectivity index (χ1v) is 4.90. The number of nitriles is 2. The van der Waals surface area contributed by atoms with E-state index in [2.05, 4.69) is 5.32 Å². The van der Waals surface area contributed by atoms with Gasteiger partial charge in [0.15, 0.2) is 0 Å². The van der Waals surface area contributed by atoms with Crippen molar-refractivity contribution in [2.24, 2.45) is 0 Å². The minimum atomic E-state index is -4.52. The number of alkyl halides is 3. The molecular formula is C11H5ClF3N3. The van der Waals surface area contributed by atoms with Crippen molar-refractivity contribution in [1.82, 2.24) is 0 Å². The lowest BCUT2D eigenvalue weighted by Gasteiger charge is -2.10. The fourth-order valence-electron chi connectivity index (χ4n) is 1.08. The summed E-state index contributed by atoms with van der Waals surface area (Å²) in [5.41, 5.74) is -0.901. The van der Waals surface area contributed by atoms with Crippen LogP contribution in [0.1, 0.15) is 5.56 Å². The summed E-state index contributed by atoms with van der Waals surface area (Å²) in [6, 6.07) is 6.22. The highest BCUT2D eigenvalue weighted by molar-refractivity contribution is 6.31. The Morgan fingerprint density at radius 1 is 1.28 bits per heavy atom.